The molecule has 0 saturated carbocycles. The van der Waals surface area contributed by atoms with Crippen LogP contribution in [-0.4, -0.2) is 76.2 Å². The molecule has 0 aromatic carbocycles. The summed E-state index contributed by atoms with van der Waals surface area (Å²) >= 11 is 0. The van der Waals surface area contributed by atoms with Crippen molar-refractivity contribution in [2.24, 2.45) is 0 Å². The SMILES string of the molecule is CS(=O)(=O)NCCCN(CCO)CCCCS(=O)(=O)O. The van der Waals surface area contributed by atoms with Crippen molar-refractivity contribution in [3.63, 3.8) is 0 Å². The van der Waals surface area contributed by atoms with Gasteiger partial charge < -0.3 is 10.0 Å². The summed E-state index contributed by atoms with van der Waals surface area (Å²) in [7, 11) is -7.10. The number of hydrogen-bond donors (Lipinski definition) is 3. The molecule has 0 radical (unpaired) electrons. The highest BCUT2D eigenvalue weighted by molar-refractivity contribution is 7.88. The van der Waals surface area contributed by atoms with E-state index in [1.54, 1.807) is 0 Å². The van der Waals surface area contributed by atoms with Crippen LogP contribution in [0.3, 0.4) is 0 Å². The molecule has 3 N–H and O–H groups in total. The van der Waals surface area contributed by atoms with Gasteiger partial charge in [0.15, 0.2) is 0 Å². The molecule has 0 aromatic heterocycles. The van der Waals surface area contributed by atoms with Gasteiger partial charge in [0.2, 0.25) is 10.0 Å². The van der Waals surface area contributed by atoms with Crippen LogP contribution in [0.25, 0.3) is 0 Å². The van der Waals surface area contributed by atoms with E-state index in [9.17, 15) is 16.8 Å². The molecule has 0 fully saturated rings. The minimum atomic E-state index is -3.92. The Balaban J connectivity index is 3.86. The Morgan fingerprint density at radius 3 is 2.10 bits per heavy atom. The maximum absolute atomic E-state index is 10.9. The molecule has 0 unspecified atom stereocenters. The molecule has 0 amide bonds. The van der Waals surface area contributed by atoms with Gasteiger partial charge in [-0.3, -0.25) is 4.55 Å². The van der Waals surface area contributed by atoms with Crippen molar-refractivity contribution in [2.45, 2.75) is 19.3 Å². The molecule has 0 aliphatic carbocycles. The van der Waals surface area contributed by atoms with Gasteiger partial charge in [-0.05, 0) is 32.4 Å². The first-order valence-corrected chi connectivity index (χ1v) is 9.87. The Morgan fingerprint density at radius 2 is 1.60 bits per heavy atom. The predicted molar refractivity (Wildman–Crippen MR) is 76.6 cm³/mol. The fourth-order valence-electron chi connectivity index (χ4n) is 1.66. The minimum absolute atomic E-state index is 0.0161. The second kappa shape index (κ2) is 9.64. The van der Waals surface area contributed by atoms with Crippen LogP contribution in [0, 0.1) is 0 Å². The number of aliphatic hydroxyl groups is 1. The lowest BCUT2D eigenvalue weighted by Crippen LogP contribution is -2.32. The Hall–Kier alpha value is -0.260. The molecular weight excluding hydrogens is 308 g/mol. The lowest BCUT2D eigenvalue weighted by Gasteiger charge is -2.21. The Kier molecular flexibility index (Phi) is 9.51. The van der Waals surface area contributed by atoms with E-state index >= 15 is 0 Å². The third-order valence-electron chi connectivity index (χ3n) is 2.56. The van der Waals surface area contributed by atoms with Crippen LogP contribution in [0.1, 0.15) is 19.3 Å². The van der Waals surface area contributed by atoms with Crippen molar-refractivity contribution in [3.05, 3.63) is 0 Å². The zero-order valence-corrected chi connectivity index (χ0v) is 13.3. The summed E-state index contributed by atoms with van der Waals surface area (Å²) in [4.78, 5) is 1.92. The number of aliphatic hydroxyl groups excluding tert-OH is 1. The summed E-state index contributed by atoms with van der Waals surface area (Å²) in [5.41, 5.74) is 0. The van der Waals surface area contributed by atoms with Gasteiger partial charge in [0, 0.05) is 13.1 Å². The first-order valence-electron chi connectivity index (χ1n) is 6.37. The van der Waals surface area contributed by atoms with Gasteiger partial charge in [0.05, 0.1) is 18.6 Å². The molecule has 0 saturated heterocycles. The van der Waals surface area contributed by atoms with Crippen LogP contribution in [0.5, 0.6) is 0 Å². The molecule has 20 heavy (non-hydrogen) atoms. The number of hydrogen-bond acceptors (Lipinski definition) is 6. The zero-order valence-electron chi connectivity index (χ0n) is 11.7. The van der Waals surface area contributed by atoms with Crippen molar-refractivity contribution in [1.82, 2.24) is 9.62 Å². The van der Waals surface area contributed by atoms with Gasteiger partial charge in [-0.1, -0.05) is 0 Å². The zero-order chi connectivity index (χ0) is 15.6. The van der Waals surface area contributed by atoms with E-state index in [1.165, 1.54) is 0 Å². The number of unbranched alkanes of at least 4 members (excludes halogenated alkanes) is 1. The molecule has 0 atom stereocenters. The van der Waals surface area contributed by atoms with E-state index in [1.807, 2.05) is 4.90 Å². The van der Waals surface area contributed by atoms with E-state index in [-0.39, 0.29) is 12.4 Å². The second-order valence-corrected chi connectivity index (χ2v) is 7.98. The van der Waals surface area contributed by atoms with Crippen molar-refractivity contribution in [2.75, 3.05) is 44.8 Å². The normalized spacial score (nSPS) is 13.0. The van der Waals surface area contributed by atoms with Gasteiger partial charge >= 0.3 is 0 Å². The first-order chi connectivity index (χ1) is 9.14. The third-order valence-corrected chi connectivity index (χ3v) is 4.09. The van der Waals surface area contributed by atoms with E-state index in [4.69, 9.17) is 9.66 Å². The third kappa shape index (κ3) is 14.2. The maximum atomic E-state index is 10.9. The fourth-order valence-corrected chi connectivity index (χ4v) is 2.74. The van der Waals surface area contributed by atoms with Crippen LogP contribution in [0.4, 0.5) is 0 Å². The average Bonchev–Trinajstić information content (AvgIpc) is 2.27. The first kappa shape index (κ1) is 19.7. The van der Waals surface area contributed by atoms with Gasteiger partial charge in [0.1, 0.15) is 0 Å². The van der Waals surface area contributed by atoms with Crippen LogP contribution in [-0.2, 0) is 20.1 Å². The molecule has 0 aliphatic rings. The van der Waals surface area contributed by atoms with Gasteiger partial charge in [-0.15, -0.1) is 0 Å². The number of sulfonamides is 1. The Morgan fingerprint density at radius 1 is 1.00 bits per heavy atom. The highest BCUT2D eigenvalue weighted by atomic mass is 32.2. The van der Waals surface area contributed by atoms with E-state index in [0.29, 0.717) is 45.4 Å². The molecule has 0 heterocycles. The standard InChI is InChI=1S/C10H24N2O6S2/c1-19(14,15)11-5-4-7-12(8-9-13)6-2-3-10-20(16,17)18/h11,13H,2-10H2,1H3,(H,16,17,18). The summed E-state index contributed by atoms with van der Waals surface area (Å²) < 4.78 is 53.8. The lowest BCUT2D eigenvalue weighted by molar-refractivity contribution is 0.193. The van der Waals surface area contributed by atoms with Crippen LogP contribution in [0.2, 0.25) is 0 Å². The molecule has 0 rings (SSSR count). The topological polar surface area (TPSA) is 124 Å². The maximum Gasteiger partial charge on any atom is 0.264 e. The van der Waals surface area contributed by atoms with E-state index in [2.05, 4.69) is 4.72 Å². The molecule has 0 aromatic rings. The number of rotatable bonds is 12. The predicted octanol–water partition coefficient (Wildman–Crippen LogP) is -1.11. The van der Waals surface area contributed by atoms with E-state index < -0.39 is 20.1 Å². The molecule has 0 spiro atoms. The monoisotopic (exact) mass is 332 g/mol. The lowest BCUT2D eigenvalue weighted by atomic mass is 10.3. The second-order valence-electron chi connectivity index (χ2n) is 4.58. The Bertz CT molecular complexity index is 408. The Labute approximate surface area is 121 Å². The molecular formula is C10H24N2O6S2. The summed E-state index contributed by atoms with van der Waals surface area (Å²) in [6, 6.07) is 0. The average molecular weight is 332 g/mol. The fraction of sp³-hybridized carbons (Fsp3) is 1.00. The smallest absolute Gasteiger partial charge is 0.264 e. The summed E-state index contributed by atoms with van der Waals surface area (Å²) in [6.45, 7) is 1.96. The molecule has 0 bridgehead atoms. The quantitative estimate of drug-likeness (QED) is 0.306. The molecule has 0 aliphatic heterocycles. The summed E-state index contributed by atoms with van der Waals surface area (Å²) in [5, 5.41) is 8.92. The largest absolute Gasteiger partial charge is 0.395 e. The number of nitrogens with one attached hydrogen (secondary N) is 1. The molecule has 122 valence electrons. The minimum Gasteiger partial charge on any atom is -0.395 e. The van der Waals surface area contributed by atoms with Crippen molar-refractivity contribution >= 4 is 20.1 Å². The summed E-state index contributed by atoms with van der Waals surface area (Å²) in [5.74, 6) is -0.268. The van der Waals surface area contributed by atoms with Crippen molar-refractivity contribution in [3.8, 4) is 0 Å². The van der Waals surface area contributed by atoms with Gasteiger partial charge in [-0.2, -0.15) is 8.42 Å². The van der Waals surface area contributed by atoms with Gasteiger partial charge in [-0.25, -0.2) is 13.1 Å². The highest BCUT2D eigenvalue weighted by Crippen LogP contribution is 1.99. The van der Waals surface area contributed by atoms with E-state index in [0.717, 1.165) is 6.26 Å². The van der Waals surface area contributed by atoms with Crippen LogP contribution >= 0.6 is 0 Å². The van der Waals surface area contributed by atoms with Crippen molar-refractivity contribution in [1.29, 1.82) is 0 Å². The van der Waals surface area contributed by atoms with Crippen LogP contribution in [0.15, 0.2) is 0 Å². The van der Waals surface area contributed by atoms with Gasteiger partial charge in [0.25, 0.3) is 10.1 Å². The molecule has 8 nitrogen and oxygen atoms in total. The van der Waals surface area contributed by atoms with Crippen LogP contribution < -0.4 is 4.72 Å². The highest BCUT2D eigenvalue weighted by Gasteiger charge is 2.07. The molecule has 10 heteroatoms. The van der Waals surface area contributed by atoms with Crippen molar-refractivity contribution < 1.29 is 26.5 Å². The number of nitrogens with zero attached hydrogens (tertiary/aromatic N) is 1. The summed E-state index contributed by atoms with van der Waals surface area (Å²) in [6.07, 6.45) is 2.63.